The van der Waals surface area contributed by atoms with Gasteiger partial charge in [0.1, 0.15) is 11.9 Å². The van der Waals surface area contributed by atoms with E-state index in [1.165, 1.54) is 13.0 Å². The Kier molecular flexibility index (Phi) is 3.21. The third-order valence-corrected chi connectivity index (χ3v) is 2.19. The summed E-state index contributed by atoms with van der Waals surface area (Å²) in [5.41, 5.74) is 0.553. The van der Waals surface area contributed by atoms with Gasteiger partial charge in [-0.3, -0.25) is 4.79 Å². The summed E-state index contributed by atoms with van der Waals surface area (Å²) < 4.78 is 13.0. The molecule has 0 heterocycles. The lowest BCUT2D eigenvalue weighted by Crippen LogP contribution is -2.05. The zero-order valence-electron chi connectivity index (χ0n) is 7.47. The fourth-order valence-corrected chi connectivity index (χ4v) is 1.33. The van der Waals surface area contributed by atoms with Crippen LogP contribution in [0.1, 0.15) is 21.5 Å². The third kappa shape index (κ3) is 1.75. The van der Waals surface area contributed by atoms with Crippen molar-refractivity contribution in [3.63, 3.8) is 0 Å². The summed E-state index contributed by atoms with van der Waals surface area (Å²) in [7, 11) is 0. The predicted octanol–water partition coefficient (Wildman–Crippen LogP) is 2.43. The second-order valence-electron chi connectivity index (χ2n) is 2.76. The number of nitriles is 1. The van der Waals surface area contributed by atoms with E-state index in [1.54, 1.807) is 6.07 Å². The highest BCUT2D eigenvalue weighted by Crippen LogP contribution is 2.17. The lowest BCUT2D eigenvalue weighted by atomic mass is 10.0. The third-order valence-electron chi connectivity index (χ3n) is 1.95. The van der Waals surface area contributed by atoms with E-state index in [2.05, 4.69) is 0 Å². The molecule has 0 aliphatic carbocycles. The molecule has 1 aromatic carbocycles. The molecule has 0 aliphatic rings. The highest BCUT2D eigenvalue weighted by Gasteiger charge is 2.13. The molecular formula is C10H7ClFNO. The van der Waals surface area contributed by atoms with Gasteiger partial charge in [0.2, 0.25) is 0 Å². The molecule has 0 amide bonds. The lowest BCUT2D eigenvalue weighted by molar-refractivity contribution is 0.102. The molecule has 0 N–H and O–H groups in total. The zero-order chi connectivity index (χ0) is 10.7. The minimum atomic E-state index is -0.615. The van der Waals surface area contributed by atoms with Crippen LogP contribution in [0.2, 0.25) is 0 Å². The maximum absolute atomic E-state index is 13.0. The van der Waals surface area contributed by atoms with Crippen molar-refractivity contribution in [2.24, 2.45) is 0 Å². The van der Waals surface area contributed by atoms with E-state index in [1.807, 2.05) is 0 Å². The number of hydrogen-bond donors (Lipinski definition) is 0. The first-order valence-corrected chi connectivity index (χ1v) is 4.43. The van der Waals surface area contributed by atoms with Crippen LogP contribution in [0.15, 0.2) is 12.1 Å². The van der Waals surface area contributed by atoms with E-state index in [-0.39, 0.29) is 17.2 Å². The fourth-order valence-electron chi connectivity index (χ4n) is 1.19. The standard InChI is InChI=1S/C10H7ClFNO/c1-6-7(10(14)4-11)2-3-9(12)8(6)5-13/h2-3H,4H2,1H3. The van der Waals surface area contributed by atoms with Crippen LogP contribution in [0.4, 0.5) is 4.39 Å². The monoisotopic (exact) mass is 211 g/mol. The van der Waals surface area contributed by atoms with Gasteiger partial charge < -0.3 is 0 Å². The molecule has 0 atom stereocenters. The van der Waals surface area contributed by atoms with Crippen molar-refractivity contribution < 1.29 is 9.18 Å². The van der Waals surface area contributed by atoms with Crippen molar-refractivity contribution in [2.75, 3.05) is 5.88 Å². The van der Waals surface area contributed by atoms with E-state index < -0.39 is 5.82 Å². The molecular weight excluding hydrogens is 205 g/mol. The number of Topliss-reactive ketones (excluding diaryl/α,β-unsaturated/α-hetero) is 1. The van der Waals surface area contributed by atoms with Gasteiger partial charge in [0.15, 0.2) is 5.78 Å². The van der Waals surface area contributed by atoms with E-state index in [9.17, 15) is 9.18 Å². The average molecular weight is 212 g/mol. The van der Waals surface area contributed by atoms with Crippen LogP contribution in [0.25, 0.3) is 0 Å². The molecule has 0 aliphatic heterocycles. The molecule has 1 aromatic rings. The van der Waals surface area contributed by atoms with Crippen molar-refractivity contribution in [1.29, 1.82) is 5.26 Å². The van der Waals surface area contributed by atoms with Crippen molar-refractivity contribution in [2.45, 2.75) is 6.92 Å². The summed E-state index contributed by atoms with van der Waals surface area (Å²) in [6.07, 6.45) is 0. The quantitative estimate of drug-likeness (QED) is 0.557. The summed E-state index contributed by atoms with van der Waals surface area (Å²) in [4.78, 5) is 11.2. The normalized spacial score (nSPS) is 9.57. The van der Waals surface area contributed by atoms with Crippen LogP contribution >= 0.6 is 11.6 Å². The fraction of sp³-hybridized carbons (Fsp3) is 0.200. The second kappa shape index (κ2) is 4.21. The molecule has 0 fully saturated rings. The molecule has 2 nitrogen and oxygen atoms in total. The molecule has 0 unspecified atom stereocenters. The maximum Gasteiger partial charge on any atom is 0.177 e. The minimum absolute atomic E-state index is 0.0963. The number of hydrogen-bond acceptors (Lipinski definition) is 2. The molecule has 0 saturated carbocycles. The Labute approximate surface area is 85.9 Å². The summed E-state index contributed by atoms with van der Waals surface area (Å²) in [6, 6.07) is 4.16. The largest absolute Gasteiger partial charge is 0.293 e. The van der Waals surface area contributed by atoms with Gasteiger partial charge in [-0.05, 0) is 24.6 Å². The van der Waals surface area contributed by atoms with Gasteiger partial charge in [0.25, 0.3) is 0 Å². The number of rotatable bonds is 2. The maximum atomic E-state index is 13.0. The number of nitrogens with zero attached hydrogens (tertiary/aromatic N) is 1. The van der Waals surface area contributed by atoms with Gasteiger partial charge in [-0.25, -0.2) is 4.39 Å². The first-order chi connectivity index (χ1) is 6.61. The van der Waals surface area contributed by atoms with Crippen molar-refractivity contribution in [3.05, 3.63) is 34.6 Å². The van der Waals surface area contributed by atoms with Gasteiger partial charge in [0.05, 0.1) is 11.4 Å². The van der Waals surface area contributed by atoms with Crippen molar-refractivity contribution >= 4 is 17.4 Å². The van der Waals surface area contributed by atoms with Crippen LogP contribution in [0.3, 0.4) is 0 Å². The van der Waals surface area contributed by atoms with E-state index in [0.29, 0.717) is 11.1 Å². The number of carbonyl (C=O) groups excluding carboxylic acids is 1. The van der Waals surface area contributed by atoms with Gasteiger partial charge in [-0.15, -0.1) is 11.6 Å². The first-order valence-electron chi connectivity index (χ1n) is 3.90. The molecule has 72 valence electrons. The van der Waals surface area contributed by atoms with Crippen molar-refractivity contribution in [1.82, 2.24) is 0 Å². The smallest absolute Gasteiger partial charge is 0.177 e. The van der Waals surface area contributed by atoms with Crippen LogP contribution in [0.5, 0.6) is 0 Å². The van der Waals surface area contributed by atoms with Gasteiger partial charge in [0, 0.05) is 5.56 Å². The molecule has 4 heteroatoms. The van der Waals surface area contributed by atoms with Crippen LogP contribution < -0.4 is 0 Å². The van der Waals surface area contributed by atoms with Gasteiger partial charge in [-0.1, -0.05) is 0 Å². The molecule has 0 spiro atoms. The number of carbonyl (C=O) groups is 1. The van der Waals surface area contributed by atoms with Crippen LogP contribution in [0, 0.1) is 24.1 Å². The number of benzene rings is 1. The highest BCUT2D eigenvalue weighted by molar-refractivity contribution is 6.30. The number of alkyl halides is 1. The molecule has 0 radical (unpaired) electrons. The molecule has 14 heavy (non-hydrogen) atoms. The Balaban J connectivity index is 3.37. The molecule has 0 aromatic heterocycles. The Bertz CT molecular complexity index is 423. The molecule has 0 bridgehead atoms. The Morgan fingerprint density at radius 3 is 2.79 bits per heavy atom. The van der Waals surface area contributed by atoms with Crippen LogP contribution in [-0.2, 0) is 0 Å². The molecule has 0 saturated heterocycles. The summed E-state index contributed by atoms with van der Waals surface area (Å²) in [5.74, 6) is -1.09. The number of ketones is 1. The summed E-state index contributed by atoms with van der Waals surface area (Å²) >= 11 is 5.37. The Morgan fingerprint density at radius 2 is 2.29 bits per heavy atom. The predicted molar refractivity (Wildman–Crippen MR) is 50.9 cm³/mol. The lowest BCUT2D eigenvalue weighted by Gasteiger charge is -2.04. The average Bonchev–Trinajstić information content (AvgIpc) is 2.18. The van der Waals surface area contributed by atoms with Crippen LogP contribution in [-0.4, -0.2) is 11.7 Å². The number of halogens is 2. The van der Waals surface area contributed by atoms with Gasteiger partial charge in [-0.2, -0.15) is 5.26 Å². The Hall–Kier alpha value is -1.40. The van der Waals surface area contributed by atoms with Gasteiger partial charge >= 0.3 is 0 Å². The second-order valence-corrected chi connectivity index (χ2v) is 3.03. The molecule has 1 rings (SSSR count). The van der Waals surface area contributed by atoms with Crippen molar-refractivity contribution in [3.8, 4) is 6.07 Å². The zero-order valence-corrected chi connectivity index (χ0v) is 8.23. The van der Waals surface area contributed by atoms with E-state index >= 15 is 0 Å². The summed E-state index contributed by atoms with van der Waals surface area (Å²) in [5, 5.41) is 8.64. The minimum Gasteiger partial charge on any atom is -0.293 e. The van der Waals surface area contributed by atoms with E-state index in [0.717, 1.165) is 6.07 Å². The summed E-state index contributed by atoms with van der Waals surface area (Å²) in [6.45, 7) is 1.53. The topological polar surface area (TPSA) is 40.9 Å². The first kappa shape index (κ1) is 10.7. The highest BCUT2D eigenvalue weighted by atomic mass is 35.5. The Morgan fingerprint density at radius 1 is 1.64 bits per heavy atom. The van der Waals surface area contributed by atoms with E-state index in [4.69, 9.17) is 16.9 Å². The SMILES string of the molecule is Cc1c(C(=O)CCl)ccc(F)c1C#N.